The molecule has 1 aliphatic carbocycles. The van der Waals surface area contributed by atoms with E-state index in [-0.39, 0.29) is 5.91 Å². The van der Waals surface area contributed by atoms with Gasteiger partial charge in [0.2, 0.25) is 0 Å². The molecule has 0 spiro atoms. The van der Waals surface area contributed by atoms with Gasteiger partial charge in [-0.05, 0) is 42.1 Å². The van der Waals surface area contributed by atoms with Crippen LogP contribution in [0.25, 0.3) is 0 Å². The van der Waals surface area contributed by atoms with Crippen molar-refractivity contribution in [2.24, 2.45) is 0 Å². The second-order valence-corrected chi connectivity index (χ2v) is 5.89. The van der Waals surface area contributed by atoms with Crippen LogP contribution in [0.5, 0.6) is 11.5 Å². The molecule has 1 heterocycles. The lowest BCUT2D eigenvalue weighted by Crippen LogP contribution is -2.22. The summed E-state index contributed by atoms with van der Waals surface area (Å²) in [5, 5.41) is 6.98. The van der Waals surface area contributed by atoms with Gasteiger partial charge in [-0.3, -0.25) is 4.79 Å². The second-order valence-electron chi connectivity index (χ2n) is 5.13. The van der Waals surface area contributed by atoms with Gasteiger partial charge in [-0.1, -0.05) is 10.6 Å². The molecule has 3 rings (SSSR count). The number of carbonyl (C=O) groups excluding carboxylic acids is 1. The normalized spacial score (nSPS) is 13.7. The monoisotopic (exact) mass is 319 g/mol. The summed E-state index contributed by atoms with van der Waals surface area (Å²) >= 11 is 1.16. The van der Waals surface area contributed by atoms with E-state index in [9.17, 15) is 4.79 Å². The summed E-state index contributed by atoms with van der Waals surface area (Å²) in [6, 6.07) is 5.57. The molecule has 7 heteroatoms. The maximum Gasteiger partial charge on any atom is 0.265 e. The maximum absolute atomic E-state index is 12.3. The molecule has 1 aliphatic rings. The molecule has 0 saturated heterocycles. The molecule has 1 amide bonds. The fraction of sp³-hybridized carbons (Fsp3) is 0.400. The van der Waals surface area contributed by atoms with E-state index >= 15 is 0 Å². The lowest BCUT2D eigenvalue weighted by Gasteiger charge is -2.10. The van der Waals surface area contributed by atoms with Gasteiger partial charge >= 0.3 is 0 Å². The Labute approximate surface area is 132 Å². The van der Waals surface area contributed by atoms with E-state index in [0.717, 1.165) is 35.6 Å². The summed E-state index contributed by atoms with van der Waals surface area (Å²) < 4.78 is 14.4. The summed E-state index contributed by atoms with van der Waals surface area (Å²) in [6.07, 6.45) is 2.20. The molecule has 0 bridgehead atoms. The first-order chi connectivity index (χ1) is 10.7. The first kappa shape index (κ1) is 14.8. The van der Waals surface area contributed by atoms with Crippen LogP contribution in [0.4, 0.5) is 0 Å². The van der Waals surface area contributed by atoms with Crippen LogP contribution in [0.1, 0.15) is 39.7 Å². The van der Waals surface area contributed by atoms with Gasteiger partial charge in [-0.25, -0.2) is 0 Å². The zero-order valence-electron chi connectivity index (χ0n) is 12.5. The zero-order chi connectivity index (χ0) is 15.5. The summed E-state index contributed by atoms with van der Waals surface area (Å²) in [5.41, 5.74) is 1.78. The molecule has 1 N–H and O–H groups in total. The van der Waals surface area contributed by atoms with Crippen LogP contribution in [-0.4, -0.2) is 29.7 Å². The Bertz CT molecular complexity index is 682. The minimum absolute atomic E-state index is 0.119. The SMILES string of the molecule is COc1ccc(CNC(=O)c2snnc2C2CC2)cc1OC. The number of nitrogens with one attached hydrogen (secondary N) is 1. The van der Waals surface area contributed by atoms with Crippen molar-refractivity contribution in [2.75, 3.05) is 14.2 Å². The van der Waals surface area contributed by atoms with E-state index in [0.29, 0.717) is 28.8 Å². The highest BCUT2D eigenvalue weighted by atomic mass is 32.1. The summed E-state index contributed by atoms with van der Waals surface area (Å²) in [5.74, 6) is 1.61. The van der Waals surface area contributed by atoms with E-state index in [1.807, 2.05) is 18.2 Å². The Morgan fingerprint density at radius 1 is 1.32 bits per heavy atom. The summed E-state index contributed by atoms with van der Waals surface area (Å²) in [4.78, 5) is 12.9. The van der Waals surface area contributed by atoms with Crippen LogP contribution in [0.2, 0.25) is 0 Å². The fourth-order valence-corrected chi connectivity index (χ4v) is 2.90. The zero-order valence-corrected chi connectivity index (χ0v) is 13.3. The molecular formula is C15H17N3O3S. The Kier molecular flexibility index (Phi) is 4.24. The van der Waals surface area contributed by atoms with E-state index < -0.39 is 0 Å². The number of hydrogen-bond donors (Lipinski definition) is 1. The van der Waals surface area contributed by atoms with Crippen molar-refractivity contribution in [3.05, 3.63) is 34.3 Å². The Balaban J connectivity index is 1.67. The highest BCUT2D eigenvalue weighted by molar-refractivity contribution is 7.08. The van der Waals surface area contributed by atoms with Crippen LogP contribution in [0.3, 0.4) is 0 Å². The van der Waals surface area contributed by atoms with Gasteiger partial charge in [-0.15, -0.1) is 5.10 Å². The number of amides is 1. The van der Waals surface area contributed by atoms with Crippen molar-refractivity contribution in [1.82, 2.24) is 14.9 Å². The predicted octanol–water partition coefficient (Wildman–Crippen LogP) is 2.36. The van der Waals surface area contributed by atoms with Crippen molar-refractivity contribution in [1.29, 1.82) is 0 Å². The van der Waals surface area contributed by atoms with Crippen LogP contribution in [-0.2, 0) is 6.54 Å². The Hall–Kier alpha value is -2.15. The van der Waals surface area contributed by atoms with Gasteiger partial charge in [0.05, 0.1) is 19.9 Å². The van der Waals surface area contributed by atoms with Crippen molar-refractivity contribution in [3.8, 4) is 11.5 Å². The maximum atomic E-state index is 12.3. The standard InChI is InChI=1S/C15H17N3O3S/c1-20-11-6-3-9(7-12(11)21-2)8-16-15(19)14-13(10-4-5-10)17-18-22-14/h3,6-7,10H,4-5,8H2,1-2H3,(H,16,19). The minimum Gasteiger partial charge on any atom is -0.493 e. The molecular weight excluding hydrogens is 302 g/mol. The lowest BCUT2D eigenvalue weighted by molar-refractivity contribution is 0.0953. The number of nitrogens with zero attached hydrogens (tertiary/aromatic N) is 2. The molecule has 1 aromatic heterocycles. The fourth-order valence-electron chi connectivity index (χ4n) is 2.23. The number of hydrogen-bond acceptors (Lipinski definition) is 6. The molecule has 0 radical (unpaired) electrons. The topological polar surface area (TPSA) is 73.3 Å². The molecule has 116 valence electrons. The third kappa shape index (κ3) is 3.04. The van der Waals surface area contributed by atoms with Crippen LogP contribution in [0.15, 0.2) is 18.2 Å². The van der Waals surface area contributed by atoms with Crippen LogP contribution < -0.4 is 14.8 Å². The van der Waals surface area contributed by atoms with E-state index in [4.69, 9.17) is 9.47 Å². The molecule has 0 unspecified atom stereocenters. The van der Waals surface area contributed by atoms with E-state index in [1.165, 1.54) is 0 Å². The van der Waals surface area contributed by atoms with E-state index in [1.54, 1.807) is 14.2 Å². The Morgan fingerprint density at radius 3 is 2.77 bits per heavy atom. The molecule has 6 nitrogen and oxygen atoms in total. The largest absolute Gasteiger partial charge is 0.493 e. The first-order valence-electron chi connectivity index (χ1n) is 7.04. The second kappa shape index (κ2) is 6.31. The molecule has 2 aromatic rings. The number of ether oxygens (including phenoxy) is 2. The number of carbonyl (C=O) groups is 1. The quantitative estimate of drug-likeness (QED) is 0.885. The van der Waals surface area contributed by atoms with Gasteiger partial charge < -0.3 is 14.8 Å². The Morgan fingerprint density at radius 2 is 2.09 bits per heavy atom. The molecule has 1 aromatic carbocycles. The highest BCUT2D eigenvalue weighted by Gasteiger charge is 2.31. The van der Waals surface area contributed by atoms with Gasteiger partial charge in [0.1, 0.15) is 4.88 Å². The third-order valence-corrected chi connectivity index (χ3v) is 4.33. The molecule has 22 heavy (non-hydrogen) atoms. The molecule has 1 fully saturated rings. The smallest absolute Gasteiger partial charge is 0.265 e. The average Bonchev–Trinajstić information content (AvgIpc) is 3.28. The number of methoxy groups -OCH3 is 2. The highest BCUT2D eigenvalue weighted by Crippen LogP contribution is 2.41. The summed E-state index contributed by atoms with van der Waals surface area (Å²) in [7, 11) is 3.18. The van der Waals surface area contributed by atoms with Gasteiger partial charge in [0, 0.05) is 12.5 Å². The molecule has 0 aliphatic heterocycles. The van der Waals surface area contributed by atoms with Crippen LogP contribution >= 0.6 is 11.5 Å². The molecule has 0 atom stereocenters. The minimum atomic E-state index is -0.119. The van der Waals surface area contributed by atoms with Crippen molar-refractivity contribution < 1.29 is 14.3 Å². The number of aromatic nitrogens is 2. The summed E-state index contributed by atoms with van der Waals surface area (Å²) in [6.45, 7) is 0.418. The predicted molar refractivity (Wildman–Crippen MR) is 82.6 cm³/mol. The van der Waals surface area contributed by atoms with Crippen molar-refractivity contribution in [2.45, 2.75) is 25.3 Å². The van der Waals surface area contributed by atoms with Crippen molar-refractivity contribution >= 4 is 17.4 Å². The van der Waals surface area contributed by atoms with Crippen LogP contribution in [0, 0.1) is 0 Å². The van der Waals surface area contributed by atoms with E-state index in [2.05, 4.69) is 14.9 Å². The van der Waals surface area contributed by atoms with Gasteiger partial charge in [-0.2, -0.15) is 0 Å². The molecule has 1 saturated carbocycles. The average molecular weight is 319 g/mol. The van der Waals surface area contributed by atoms with Gasteiger partial charge in [0.15, 0.2) is 11.5 Å². The number of benzene rings is 1. The van der Waals surface area contributed by atoms with Gasteiger partial charge in [0.25, 0.3) is 5.91 Å². The first-order valence-corrected chi connectivity index (χ1v) is 7.81. The van der Waals surface area contributed by atoms with Crippen molar-refractivity contribution in [3.63, 3.8) is 0 Å². The third-order valence-electron chi connectivity index (χ3n) is 3.58. The number of rotatable bonds is 6. The lowest BCUT2D eigenvalue weighted by atomic mass is 10.2.